The minimum absolute atomic E-state index is 0.0128. The molecule has 0 bridgehead atoms. The van der Waals surface area contributed by atoms with E-state index in [4.69, 9.17) is 4.42 Å². The van der Waals surface area contributed by atoms with E-state index < -0.39 is 0 Å². The van der Waals surface area contributed by atoms with Crippen LogP contribution in [0, 0.1) is 0 Å². The van der Waals surface area contributed by atoms with Gasteiger partial charge in [0.2, 0.25) is 0 Å². The summed E-state index contributed by atoms with van der Waals surface area (Å²) in [6.45, 7) is 2.19. The molecule has 6 heteroatoms. The van der Waals surface area contributed by atoms with Crippen molar-refractivity contribution in [1.82, 2.24) is 20.5 Å². The van der Waals surface area contributed by atoms with Crippen LogP contribution in [0.4, 0.5) is 4.79 Å². The van der Waals surface area contributed by atoms with E-state index in [1.165, 1.54) is 6.39 Å². The molecule has 0 saturated carbocycles. The fraction of sp³-hybridized carbons (Fsp3) is 0.385. The number of aromatic nitrogens is 1. The lowest BCUT2D eigenvalue weighted by atomic mass is 10.1. The van der Waals surface area contributed by atoms with E-state index in [1.807, 2.05) is 30.1 Å². The fourth-order valence-electron chi connectivity index (χ4n) is 2.31. The van der Waals surface area contributed by atoms with Crippen LogP contribution in [0.5, 0.6) is 0 Å². The van der Waals surface area contributed by atoms with Gasteiger partial charge in [-0.15, -0.1) is 0 Å². The fourth-order valence-corrected chi connectivity index (χ4v) is 2.31. The minimum Gasteiger partial charge on any atom is -0.443 e. The number of carbonyl (C=O) groups excluding carboxylic acids is 1. The molecule has 1 saturated heterocycles. The highest BCUT2D eigenvalue weighted by Gasteiger charge is 2.29. The van der Waals surface area contributed by atoms with E-state index in [2.05, 4.69) is 15.6 Å². The first kappa shape index (κ1) is 12.0. The normalized spacial score (nSPS) is 19.1. The Kier molecular flexibility index (Phi) is 3.08. The molecule has 1 aromatic heterocycles. The lowest BCUT2D eigenvalue weighted by Gasteiger charge is -2.14. The Hall–Kier alpha value is -2.08. The number of nitrogens with one attached hydrogen (secondary N) is 2. The third-order valence-corrected chi connectivity index (χ3v) is 3.38. The van der Waals surface area contributed by atoms with E-state index in [0.717, 1.165) is 23.2 Å². The number of oxazole rings is 1. The van der Waals surface area contributed by atoms with Gasteiger partial charge in [-0.2, -0.15) is 0 Å². The van der Waals surface area contributed by atoms with Crippen LogP contribution < -0.4 is 10.6 Å². The number of likely N-dealkylation sites (N-methyl/N-ethyl adjacent to an activating group) is 1. The Morgan fingerprint density at radius 3 is 3.32 bits per heavy atom. The van der Waals surface area contributed by atoms with Crippen LogP contribution in [0.3, 0.4) is 0 Å². The molecule has 2 aromatic rings. The highest BCUT2D eigenvalue weighted by molar-refractivity contribution is 5.78. The number of amides is 2. The van der Waals surface area contributed by atoms with Crippen molar-refractivity contribution in [3.63, 3.8) is 0 Å². The molecule has 1 aliphatic heterocycles. The summed E-state index contributed by atoms with van der Waals surface area (Å²) in [5, 5.41) is 6.03. The van der Waals surface area contributed by atoms with E-state index in [1.54, 1.807) is 0 Å². The van der Waals surface area contributed by atoms with E-state index >= 15 is 0 Å². The summed E-state index contributed by atoms with van der Waals surface area (Å²) in [5.74, 6) is 0. The number of rotatable bonds is 4. The molecule has 2 amide bonds. The number of hydrogen-bond donors (Lipinski definition) is 2. The summed E-state index contributed by atoms with van der Waals surface area (Å²) >= 11 is 0. The molecule has 3 rings (SSSR count). The van der Waals surface area contributed by atoms with Crippen molar-refractivity contribution in [2.75, 3.05) is 26.7 Å². The van der Waals surface area contributed by atoms with Crippen LogP contribution in [0.25, 0.3) is 11.1 Å². The van der Waals surface area contributed by atoms with Crippen LogP contribution in [0.1, 0.15) is 11.6 Å². The molecule has 6 nitrogen and oxygen atoms in total. The second kappa shape index (κ2) is 4.89. The highest BCUT2D eigenvalue weighted by atomic mass is 16.3. The molecule has 19 heavy (non-hydrogen) atoms. The van der Waals surface area contributed by atoms with Gasteiger partial charge in [0.15, 0.2) is 12.0 Å². The number of hydrogen-bond acceptors (Lipinski definition) is 4. The molecule has 2 N–H and O–H groups in total. The minimum atomic E-state index is -0.0158. The summed E-state index contributed by atoms with van der Waals surface area (Å²) < 4.78 is 5.29. The first-order valence-corrected chi connectivity index (χ1v) is 6.31. The van der Waals surface area contributed by atoms with Crippen molar-refractivity contribution < 1.29 is 9.21 Å². The maximum absolute atomic E-state index is 11.8. The van der Waals surface area contributed by atoms with Gasteiger partial charge in [-0.05, 0) is 24.7 Å². The molecule has 1 unspecified atom stereocenters. The van der Waals surface area contributed by atoms with Crippen LogP contribution in [0.2, 0.25) is 0 Å². The predicted molar refractivity (Wildman–Crippen MR) is 70.8 cm³/mol. The van der Waals surface area contributed by atoms with E-state index in [9.17, 15) is 4.79 Å². The van der Waals surface area contributed by atoms with Crippen LogP contribution in [-0.4, -0.2) is 42.6 Å². The monoisotopic (exact) mass is 260 g/mol. The summed E-state index contributed by atoms with van der Waals surface area (Å²) in [4.78, 5) is 17.7. The van der Waals surface area contributed by atoms with E-state index in [0.29, 0.717) is 13.1 Å². The predicted octanol–water partition coefficient (Wildman–Crippen LogP) is 1.11. The topological polar surface area (TPSA) is 70.4 Å². The molecule has 1 fully saturated rings. The molecule has 100 valence electrons. The maximum atomic E-state index is 11.8. The Morgan fingerprint density at radius 2 is 2.47 bits per heavy atom. The zero-order valence-electron chi connectivity index (χ0n) is 10.7. The van der Waals surface area contributed by atoms with Gasteiger partial charge in [0, 0.05) is 19.6 Å². The number of carbonyl (C=O) groups is 1. The van der Waals surface area contributed by atoms with Gasteiger partial charge in [0.1, 0.15) is 5.52 Å². The maximum Gasteiger partial charge on any atom is 0.318 e. The smallest absolute Gasteiger partial charge is 0.318 e. The van der Waals surface area contributed by atoms with Crippen molar-refractivity contribution in [1.29, 1.82) is 0 Å². The number of fused-ring (bicyclic) bond motifs is 1. The summed E-state index contributed by atoms with van der Waals surface area (Å²) in [6.07, 6.45) is 1.43. The second-order valence-corrected chi connectivity index (χ2v) is 4.63. The molecule has 2 heterocycles. The molecule has 1 aromatic carbocycles. The molecule has 0 aliphatic carbocycles. The molecule has 0 radical (unpaired) electrons. The SMILES string of the molecule is CNCCN1CC(c2ccc3ncoc3c2)NC1=O. The lowest BCUT2D eigenvalue weighted by Crippen LogP contribution is -2.33. The summed E-state index contributed by atoms with van der Waals surface area (Å²) in [7, 11) is 1.88. The van der Waals surface area contributed by atoms with Gasteiger partial charge >= 0.3 is 6.03 Å². The molecule has 1 atom stereocenters. The largest absolute Gasteiger partial charge is 0.443 e. The zero-order chi connectivity index (χ0) is 13.2. The first-order chi connectivity index (χ1) is 9.28. The lowest BCUT2D eigenvalue weighted by molar-refractivity contribution is 0.218. The second-order valence-electron chi connectivity index (χ2n) is 4.63. The standard InChI is InChI=1S/C13H16N4O2/c1-14-4-5-17-7-11(16-13(17)18)9-2-3-10-12(6-9)19-8-15-10/h2-3,6,8,11,14H,4-5,7H2,1H3,(H,16,18). The quantitative estimate of drug-likeness (QED) is 0.864. The Morgan fingerprint density at radius 1 is 1.58 bits per heavy atom. The molecule has 1 aliphatic rings. The van der Waals surface area contributed by atoms with Gasteiger partial charge < -0.3 is 20.0 Å². The van der Waals surface area contributed by atoms with Gasteiger partial charge in [0.05, 0.1) is 6.04 Å². The Balaban J connectivity index is 1.77. The van der Waals surface area contributed by atoms with Crippen molar-refractivity contribution in [2.24, 2.45) is 0 Å². The van der Waals surface area contributed by atoms with Gasteiger partial charge in [-0.3, -0.25) is 0 Å². The summed E-state index contributed by atoms with van der Waals surface area (Å²) in [6, 6.07) is 5.83. The molecule has 0 spiro atoms. The van der Waals surface area contributed by atoms with Gasteiger partial charge in [-0.25, -0.2) is 9.78 Å². The van der Waals surface area contributed by atoms with Crippen molar-refractivity contribution in [2.45, 2.75) is 6.04 Å². The van der Waals surface area contributed by atoms with Crippen molar-refractivity contribution >= 4 is 17.1 Å². The van der Waals surface area contributed by atoms with Crippen molar-refractivity contribution in [3.05, 3.63) is 30.2 Å². The van der Waals surface area contributed by atoms with Crippen LogP contribution >= 0.6 is 0 Å². The third kappa shape index (κ3) is 2.26. The average molecular weight is 260 g/mol. The zero-order valence-corrected chi connectivity index (χ0v) is 10.7. The van der Waals surface area contributed by atoms with E-state index in [-0.39, 0.29) is 12.1 Å². The Labute approximate surface area is 110 Å². The Bertz CT molecular complexity index is 595. The third-order valence-electron chi connectivity index (χ3n) is 3.38. The average Bonchev–Trinajstić information content (AvgIpc) is 3.02. The number of nitrogens with zero attached hydrogens (tertiary/aromatic N) is 2. The van der Waals surface area contributed by atoms with Gasteiger partial charge in [-0.1, -0.05) is 6.07 Å². The summed E-state index contributed by atoms with van der Waals surface area (Å²) in [5.41, 5.74) is 2.63. The molecular formula is C13H16N4O2. The van der Waals surface area contributed by atoms with Crippen molar-refractivity contribution in [3.8, 4) is 0 Å². The van der Waals surface area contributed by atoms with Crippen LogP contribution in [-0.2, 0) is 0 Å². The highest BCUT2D eigenvalue weighted by Crippen LogP contribution is 2.23. The first-order valence-electron chi connectivity index (χ1n) is 6.31. The van der Waals surface area contributed by atoms with Gasteiger partial charge in [0.25, 0.3) is 0 Å². The number of benzene rings is 1. The van der Waals surface area contributed by atoms with Crippen LogP contribution in [0.15, 0.2) is 29.0 Å². The number of urea groups is 1. The molecular weight excluding hydrogens is 244 g/mol.